The number of carbonyl (C=O) groups is 1. The maximum atomic E-state index is 12.0. The van der Waals surface area contributed by atoms with Gasteiger partial charge >= 0.3 is 0 Å². The molecule has 23 heavy (non-hydrogen) atoms. The van der Waals surface area contributed by atoms with Crippen molar-refractivity contribution in [3.63, 3.8) is 0 Å². The van der Waals surface area contributed by atoms with Crippen LogP contribution in [0.3, 0.4) is 0 Å². The summed E-state index contributed by atoms with van der Waals surface area (Å²) in [5, 5.41) is 2.89. The summed E-state index contributed by atoms with van der Waals surface area (Å²) >= 11 is 0. The van der Waals surface area contributed by atoms with Crippen LogP contribution in [0, 0.1) is 0 Å². The Balaban J connectivity index is 1.90. The largest absolute Gasteiger partial charge is 0.350 e. The van der Waals surface area contributed by atoms with E-state index < -0.39 is 9.84 Å². The first-order valence-electron chi connectivity index (χ1n) is 7.20. The monoisotopic (exact) mass is 333 g/mol. The van der Waals surface area contributed by atoms with Crippen LogP contribution in [0.4, 0.5) is 0 Å². The molecule has 1 N–H and O–H groups in total. The topological polar surface area (TPSA) is 89.0 Å². The fourth-order valence-corrected chi connectivity index (χ4v) is 2.73. The first kappa shape index (κ1) is 17.1. The number of nitrogens with zero attached hydrogens (tertiary/aromatic N) is 2. The van der Waals surface area contributed by atoms with Crippen LogP contribution < -0.4 is 5.32 Å². The summed E-state index contributed by atoms with van der Waals surface area (Å²) in [4.78, 5) is 20.3. The maximum Gasteiger partial charge on any atom is 0.220 e. The normalized spacial score (nSPS) is 12.6. The van der Waals surface area contributed by atoms with E-state index in [0.29, 0.717) is 12.8 Å². The van der Waals surface area contributed by atoms with Gasteiger partial charge < -0.3 is 5.32 Å². The maximum absolute atomic E-state index is 12.0. The lowest BCUT2D eigenvalue weighted by Crippen LogP contribution is -2.26. The molecular weight excluding hydrogens is 314 g/mol. The lowest BCUT2D eigenvalue weighted by molar-refractivity contribution is -0.121. The summed E-state index contributed by atoms with van der Waals surface area (Å²) in [5.74, 6) is -0.0876. The molecule has 6 nitrogen and oxygen atoms in total. The summed E-state index contributed by atoms with van der Waals surface area (Å²) in [7, 11) is -3.21. The van der Waals surface area contributed by atoms with Crippen LogP contribution in [-0.2, 0) is 21.1 Å². The van der Waals surface area contributed by atoms with Crippen molar-refractivity contribution >= 4 is 15.7 Å². The average molecular weight is 333 g/mol. The van der Waals surface area contributed by atoms with Crippen molar-refractivity contribution in [3.05, 3.63) is 54.1 Å². The average Bonchev–Trinajstić information content (AvgIpc) is 2.53. The summed E-state index contributed by atoms with van der Waals surface area (Å²) in [6.07, 6.45) is 6.84. The van der Waals surface area contributed by atoms with Gasteiger partial charge in [0.05, 0.1) is 16.6 Å². The van der Waals surface area contributed by atoms with Gasteiger partial charge in [-0.3, -0.25) is 14.8 Å². The molecule has 7 heteroatoms. The molecule has 1 atom stereocenters. The van der Waals surface area contributed by atoms with Crippen molar-refractivity contribution in [2.24, 2.45) is 0 Å². The van der Waals surface area contributed by atoms with Crippen molar-refractivity contribution in [2.75, 3.05) is 6.26 Å². The number of carbonyl (C=O) groups excluding carboxylic acids is 1. The van der Waals surface area contributed by atoms with E-state index in [2.05, 4.69) is 15.3 Å². The van der Waals surface area contributed by atoms with E-state index in [9.17, 15) is 13.2 Å². The Hall–Kier alpha value is -2.28. The number of aryl methyl sites for hydroxylation is 1. The molecule has 0 radical (unpaired) electrons. The molecule has 0 fully saturated rings. The van der Waals surface area contributed by atoms with E-state index >= 15 is 0 Å². The molecule has 2 rings (SSSR count). The van der Waals surface area contributed by atoms with E-state index in [4.69, 9.17) is 0 Å². The van der Waals surface area contributed by atoms with Gasteiger partial charge in [-0.05, 0) is 31.0 Å². The molecule has 0 bridgehead atoms. The van der Waals surface area contributed by atoms with E-state index in [-0.39, 0.29) is 16.8 Å². The molecule has 0 aliphatic rings. The second-order valence-electron chi connectivity index (χ2n) is 5.33. The van der Waals surface area contributed by atoms with E-state index in [1.165, 1.54) is 6.26 Å². The molecule has 0 unspecified atom stereocenters. The summed E-state index contributed by atoms with van der Waals surface area (Å²) in [6, 6.07) is 6.33. The van der Waals surface area contributed by atoms with Crippen molar-refractivity contribution in [3.8, 4) is 0 Å². The minimum absolute atomic E-state index is 0.0876. The molecule has 1 aromatic heterocycles. The Bertz CT molecular complexity index is 759. The third-order valence-electron chi connectivity index (χ3n) is 3.41. The summed E-state index contributed by atoms with van der Waals surface area (Å²) in [6.45, 7) is 1.86. The Labute approximate surface area is 135 Å². The van der Waals surface area contributed by atoms with Gasteiger partial charge in [-0.1, -0.05) is 12.1 Å². The molecule has 1 heterocycles. The standard InChI is InChI=1S/C16H19N3O3S/c1-12(13-3-6-15(7-4-13)23(2,21)22)19-16(20)8-5-14-11-17-9-10-18-14/h3-4,6-7,9-12H,5,8H2,1-2H3,(H,19,20)/t12-/m1/s1. The lowest BCUT2D eigenvalue weighted by Gasteiger charge is -2.14. The second-order valence-corrected chi connectivity index (χ2v) is 7.34. The van der Waals surface area contributed by atoms with Gasteiger partial charge in [0.25, 0.3) is 0 Å². The van der Waals surface area contributed by atoms with Crippen LogP contribution in [0.25, 0.3) is 0 Å². The first-order chi connectivity index (χ1) is 10.9. The SMILES string of the molecule is C[C@@H](NC(=O)CCc1cnccn1)c1ccc(S(C)(=O)=O)cc1. The van der Waals surface area contributed by atoms with Crippen molar-refractivity contribution in [1.82, 2.24) is 15.3 Å². The number of sulfone groups is 1. The van der Waals surface area contributed by atoms with Crippen molar-refractivity contribution in [1.29, 1.82) is 0 Å². The second kappa shape index (κ2) is 7.32. The predicted octanol–water partition coefficient (Wildman–Crippen LogP) is 1.69. The number of hydrogen-bond acceptors (Lipinski definition) is 5. The number of rotatable bonds is 6. The first-order valence-corrected chi connectivity index (χ1v) is 9.09. The summed E-state index contributed by atoms with van der Waals surface area (Å²) < 4.78 is 22.9. The zero-order chi connectivity index (χ0) is 16.9. The van der Waals surface area contributed by atoms with E-state index in [1.807, 2.05) is 6.92 Å². The Morgan fingerprint density at radius 3 is 2.48 bits per heavy atom. The number of hydrogen-bond donors (Lipinski definition) is 1. The summed E-state index contributed by atoms with van der Waals surface area (Å²) in [5.41, 5.74) is 1.62. The van der Waals surface area contributed by atoms with Gasteiger partial charge in [0.1, 0.15) is 0 Å². The molecule has 0 aliphatic heterocycles. The molecule has 2 aromatic rings. The number of nitrogens with one attached hydrogen (secondary N) is 1. The number of aromatic nitrogens is 2. The van der Waals surface area contributed by atoms with Crippen LogP contribution in [-0.4, -0.2) is 30.5 Å². The molecule has 1 aromatic carbocycles. The van der Waals surface area contributed by atoms with Gasteiger partial charge in [-0.25, -0.2) is 8.42 Å². The Morgan fingerprint density at radius 1 is 1.22 bits per heavy atom. The minimum atomic E-state index is -3.21. The van der Waals surface area contributed by atoms with Gasteiger partial charge in [0.15, 0.2) is 9.84 Å². The third-order valence-corrected chi connectivity index (χ3v) is 4.54. The van der Waals surface area contributed by atoms with Crippen molar-refractivity contribution in [2.45, 2.75) is 30.7 Å². The molecule has 1 amide bonds. The van der Waals surface area contributed by atoms with Crippen LogP contribution >= 0.6 is 0 Å². The van der Waals surface area contributed by atoms with E-state index in [1.54, 1.807) is 42.9 Å². The smallest absolute Gasteiger partial charge is 0.220 e. The zero-order valence-corrected chi connectivity index (χ0v) is 13.9. The van der Waals surface area contributed by atoms with Crippen LogP contribution in [0.5, 0.6) is 0 Å². The molecule has 0 saturated carbocycles. The molecular formula is C16H19N3O3S. The highest BCUT2D eigenvalue weighted by Gasteiger charge is 2.12. The lowest BCUT2D eigenvalue weighted by atomic mass is 10.1. The Kier molecular flexibility index (Phi) is 5.44. The number of benzene rings is 1. The molecule has 0 aliphatic carbocycles. The van der Waals surface area contributed by atoms with Gasteiger partial charge in [-0.15, -0.1) is 0 Å². The van der Waals surface area contributed by atoms with Crippen molar-refractivity contribution < 1.29 is 13.2 Å². The minimum Gasteiger partial charge on any atom is -0.350 e. The van der Waals surface area contributed by atoms with E-state index in [0.717, 1.165) is 11.3 Å². The highest BCUT2D eigenvalue weighted by molar-refractivity contribution is 7.90. The van der Waals surface area contributed by atoms with Crippen LogP contribution in [0.15, 0.2) is 47.8 Å². The Morgan fingerprint density at radius 2 is 1.91 bits per heavy atom. The number of amides is 1. The third kappa shape index (κ3) is 5.14. The predicted molar refractivity (Wildman–Crippen MR) is 86.5 cm³/mol. The highest BCUT2D eigenvalue weighted by atomic mass is 32.2. The quantitative estimate of drug-likeness (QED) is 0.869. The molecule has 122 valence electrons. The van der Waals surface area contributed by atoms with Crippen LogP contribution in [0.1, 0.15) is 30.6 Å². The van der Waals surface area contributed by atoms with Gasteiger partial charge in [0, 0.05) is 31.3 Å². The highest BCUT2D eigenvalue weighted by Crippen LogP contribution is 2.16. The van der Waals surface area contributed by atoms with Gasteiger partial charge in [-0.2, -0.15) is 0 Å². The van der Waals surface area contributed by atoms with Gasteiger partial charge in [0.2, 0.25) is 5.91 Å². The molecule has 0 saturated heterocycles. The fourth-order valence-electron chi connectivity index (χ4n) is 2.10. The zero-order valence-electron chi connectivity index (χ0n) is 13.1. The molecule has 0 spiro atoms. The fraction of sp³-hybridized carbons (Fsp3) is 0.312. The van der Waals surface area contributed by atoms with Crippen LogP contribution in [0.2, 0.25) is 0 Å².